The maximum atomic E-state index is 5.28. The van der Waals surface area contributed by atoms with Crippen molar-refractivity contribution in [3.63, 3.8) is 0 Å². The van der Waals surface area contributed by atoms with Crippen LogP contribution in [0, 0.1) is 0 Å². The van der Waals surface area contributed by atoms with E-state index in [1.54, 1.807) is 0 Å². The first-order valence-electron chi connectivity index (χ1n) is 6.49. The van der Waals surface area contributed by atoms with Crippen LogP contribution in [0.1, 0.15) is 26.8 Å². The summed E-state index contributed by atoms with van der Waals surface area (Å²) in [6, 6.07) is 9.24. The fourth-order valence-corrected chi connectivity index (χ4v) is 2.36. The highest BCUT2D eigenvalue weighted by molar-refractivity contribution is 5.84. The Labute approximate surface area is 108 Å². The van der Waals surface area contributed by atoms with Gasteiger partial charge >= 0.3 is 0 Å². The molecule has 3 nitrogen and oxygen atoms in total. The van der Waals surface area contributed by atoms with E-state index in [4.69, 9.17) is 4.74 Å². The molecule has 1 fully saturated rings. The first-order chi connectivity index (χ1) is 8.53. The normalized spacial score (nSPS) is 16.8. The lowest BCUT2D eigenvalue weighted by molar-refractivity contribution is -0.0213. The second-order valence-electron chi connectivity index (χ2n) is 6.06. The Kier molecular flexibility index (Phi) is 2.59. The minimum Gasteiger partial charge on any atom is -0.380 e. The molecule has 3 rings (SSSR count). The lowest BCUT2D eigenvalue weighted by Crippen LogP contribution is -2.30. The number of hydrogen-bond donors (Lipinski definition) is 1. The summed E-state index contributed by atoms with van der Waals surface area (Å²) in [5.41, 5.74) is 2.55. The van der Waals surface area contributed by atoms with Crippen LogP contribution >= 0.6 is 0 Å². The second kappa shape index (κ2) is 4.02. The van der Waals surface area contributed by atoms with Gasteiger partial charge in [0.25, 0.3) is 0 Å². The zero-order valence-electron chi connectivity index (χ0n) is 11.2. The van der Waals surface area contributed by atoms with Crippen LogP contribution in [0.4, 0.5) is 5.69 Å². The fraction of sp³-hybridized carbons (Fsp3) is 0.467. The van der Waals surface area contributed by atoms with E-state index in [2.05, 4.69) is 61.1 Å². The monoisotopic (exact) mass is 244 g/mol. The van der Waals surface area contributed by atoms with E-state index in [1.165, 1.54) is 16.6 Å². The van der Waals surface area contributed by atoms with Crippen LogP contribution in [-0.2, 0) is 4.74 Å². The Balaban J connectivity index is 1.98. The van der Waals surface area contributed by atoms with Crippen LogP contribution in [0.3, 0.4) is 0 Å². The molecule has 0 radical (unpaired) electrons. The maximum absolute atomic E-state index is 5.28. The highest BCUT2D eigenvalue weighted by atomic mass is 16.5. The van der Waals surface area contributed by atoms with Crippen LogP contribution in [0.5, 0.6) is 0 Å². The van der Waals surface area contributed by atoms with E-state index in [0.29, 0.717) is 6.04 Å². The van der Waals surface area contributed by atoms with Gasteiger partial charge in [0.1, 0.15) is 0 Å². The van der Waals surface area contributed by atoms with Crippen LogP contribution in [0.2, 0.25) is 0 Å². The molecule has 2 aromatic rings. The molecule has 0 spiro atoms. The predicted octanol–water partition coefficient (Wildman–Crippen LogP) is 3.42. The van der Waals surface area contributed by atoms with Gasteiger partial charge in [-0.3, -0.25) is 0 Å². The second-order valence-corrected chi connectivity index (χ2v) is 6.06. The number of ether oxygens (including phenoxy) is 1. The summed E-state index contributed by atoms with van der Waals surface area (Å²) in [4.78, 5) is 0. The van der Waals surface area contributed by atoms with E-state index in [1.807, 2.05) is 0 Å². The topological polar surface area (TPSA) is 26.2 Å². The highest BCUT2D eigenvalue weighted by Gasteiger charge is 2.21. The number of nitrogens with zero attached hydrogens (tertiary/aromatic N) is 1. The summed E-state index contributed by atoms with van der Waals surface area (Å²) in [7, 11) is 0. The number of benzene rings is 1. The average Bonchev–Trinajstić information content (AvgIpc) is 2.57. The minimum atomic E-state index is 0.0880. The van der Waals surface area contributed by atoms with Crippen molar-refractivity contribution in [2.45, 2.75) is 32.4 Å². The Morgan fingerprint density at radius 2 is 2.00 bits per heavy atom. The van der Waals surface area contributed by atoms with E-state index in [-0.39, 0.29) is 5.54 Å². The lowest BCUT2D eigenvalue weighted by atomic mass is 10.1. The van der Waals surface area contributed by atoms with Crippen molar-refractivity contribution in [1.29, 1.82) is 0 Å². The van der Waals surface area contributed by atoms with Gasteiger partial charge < -0.3 is 14.6 Å². The summed E-state index contributed by atoms with van der Waals surface area (Å²) >= 11 is 0. The van der Waals surface area contributed by atoms with Crippen LogP contribution in [-0.4, -0.2) is 23.3 Å². The molecule has 0 aliphatic carbocycles. The van der Waals surface area contributed by atoms with Gasteiger partial charge in [0.15, 0.2) is 0 Å². The number of nitrogens with one attached hydrogen (secondary N) is 1. The highest BCUT2D eigenvalue weighted by Crippen LogP contribution is 2.27. The molecule has 1 aliphatic rings. The van der Waals surface area contributed by atoms with Crippen molar-refractivity contribution in [2.75, 3.05) is 18.5 Å². The van der Waals surface area contributed by atoms with Crippen molar-refractivity contribution in [3.05, 3.63) is 30.5 Å². The molecule has 1 N–H and O–H groups in total. The summed E-state index contributed by atoms with van der Waals surface area (Å²) in [5.74, 6) is 0. The van der Waals surface area contributed by atoms with Gasteiger partial charge in [-0.15, -0.1) is 0 Å². The van der Waals surface area contributed by atoms with Gasteiger partial charge in [0.2, 0.25) is 0 Å². The number of hydrogen-bond acceptors (Lipinski definition) is 2. The van der Waals surface area contributed by atoms with E-state index >= 15 is 0 Å². The standard InChI is InChI=1S/C15H20N2O/c1-15(2,3)16-12-5-4-11-6-7-17(14(11)8-12)13-9-18-10-13/h4-8,13,16H,9-10H2,1-3H3. The summed E-state index contributed by atoms with van der Waals surface area (Å²) in [6.45, 7) is 8.20. The number of aromatic nitrogens is 1. The third-order valence-electron chi connectivity index (χ3n) is 3.26. The smallest absolute Gasteiger partial charge is 0.0803 e. The lowest BCUT2D eigenvalue weighted by Gasteiger charge is -2.28. The van der Waals surface area contributed by atoms with Crippen molar-refractivity contribution in [1.82, 2.24) is 4.57 Å². The summed E-state index contributed by atoms with van der Waals surface area (Å²) < 4.78 is 7.61. The molecule has 0 amide bonds. The summed E-state index contributed by atoms with van der Waals surface area (Å²) in [5, 5.41) is 4.81. The molecular formula is C15H20N2O. The van der Waals surface area contributed by atoms with Gasteiger partial charge in [0.05, 0.1) is 24.8 Å². The van der Waals surface area contributed by atoms with E-state index in [0.717, 1.165) is 13.2 Å². The predicted molar refractivity (Wildman–Crippen MR) is 75.2 cm³/mol. The summed E-state index contributed by atoms with van der Waals surface area (Å²) in [6.07, 6.45) is 2.17. The minimum absolute atomic E-state index is 0.0880. The molecule has 0 unspecified atom stereocenters. The Morgan fingerprint density at radius 3 is 2.61 bits per heavy atom. The third kappa shape index (κ3) is 2.10. The van der Waals surface area contributed by atoms with Crippen molar-refractivity contribution >= 4 is 16.6 Å². The molecule has 3 heteroatoms. The first kappa shape index (κ1) is 11.6. The quantitative estimate of drug-likeness (QED) is 0.876. The molecule has 0 saturated carbocycles. The molecule has 1 aliphatic heterocycles. The molecule has 1 saturated heterocycles. The molecule has 18 heavy (non-hydrogen) atoms. The third-order valence-corrected chi connectivity index (χ3v) is 3.26. The van der Waals surface area contributed by atoms with Crippen molar-refractivity contribution in [3.8, 4) is 0 Å². The molecular weight excluding hydrogens is 224 g/mol. The molecule has 0 atom stereocenters. The van der Waals surface area contributed by atoms with Crippen LogP contribution in [0.15, 0.2) is 30.5 Å². The molecule has 2 heterocycles. The molecule has 1 aromatic carbocycles. The van der Waals surface area contributed by atoms with Gasteiger partial charge in [-0.25, -0.2) is 0 Å². The zero-order chi connectivity index (χ0) is 12.8. The van der Waals surface area contributed by atoms with Crippen LogP contribution < -0.4 is 5.32 Å². The Hall–Kier alpha value is -1.48. The van der Waals surface area contributed by atoms with Gasteiger partial charge in [-0.2, -0.15) is 0 Å². The molecule has 1 aromatic heterocycles. The Morgan fingerprint density at radius 1 is 1.22 bits per heavy atom. The van der Waals surface area contributed by atoms with Crippen LogP contribution in [0.25, 0.3) is 10.9 Å². The SMILES string of the molecule is CC(C)(C)Nc1ccc2ccn(C3COC3)c2c1. The van der Waals surface area contributed by atoms with E-state index in [9.17, 15) is 0 Å². The molecule has 96 valence electrons. The number of fused-ring (bicyclic) bond motifs is 1. The fourth-order valence-electron chi connectivity index (χ4n) is 2.36. The van der Waals surface area contributed by atoms with Gasteiger partial charge in [0, 0.05) is 17.4 Å². The number of anilines is 1. The number of rotatable bonds is 2. The largest absolute Gasteiger partial charge is 0.380 e. The van der Waals surface area contributed by atoms with E-state index < -0.39 is 0 Å². The first-order valence-corrected chi connectivity index (χ1v) is 6.49. The Bertz CT molecular complexity index is 561. The molecule has 0 bridgehead atoms. The average molecular weight is 244 g/mol. The maximum Gasteiger partial charge on any atom is 0.0803 e. The van der Waals surface area contributed by atoms with Gasteiger partial charge in [-0.05, 0) is 44.4 Å². The van der Waals surface area contributed by atoms with Gasteiger partial charge in [-0.1, -0.05) is 6.07 Å². The zero-order valence-corrected chi connectivity index (χ0v) is 11.2. The van der Waals surface area contributed by atoms with Crippen molar-refractivity contribution < 1.29 is 4.74 Å². The van der Waals surface area contributed by atoms with Crippen molar-refractivity contribution in [2.24, 2.45) is 0 Å².